The molecule has 21 heavy (non-hydrogen) atoms. The highest BCUT2D eigenvalue weighted by Gasteiger charge is 2.15. The number of carbonyl (C=O) groups excluding carboxylic acids is 1. The first-order chi connectivity index (χ1) is 10.1. The molecule has 2 rings (SSSR count). The average molecular weight is 289 g/mol. The van der Waals surface area contributed by atoms with Crippen LogP contribution in [0.1, 0.15) is 28.8 Å². The maximum absolute atomic E-state index is 11.9. The summed E-state index contributed by atoms with van der Waals surface area (Å²) < 4.78 is 0. The number of hydrogen-bond donors (Lipinski definition) is 2. The van der Waals surface area contributed by atoms with Crippen molar-refractivity contribution in [2.45, 2.75) is 19.8 Å². The van der Waals surface area contributed by atoms with E-state index in [9.17, 15) is 4.79 Å². The lowest BCUT2D eigenvalue weighted by Gasteiger charge is -2.29. The minimum Gasteiger partial charge on any atom is -0.351 e. The average Bonchev–Trinajstić information content (AvgIpc) is 2.49. The zero-order valence-electron chi connectivity index (χ0n) is 13.2. The zero-order chi connectivity index (χ0) is 15.1. The Kier molecular flexibility index (Phi) is 6.21. The number of aryl methyl sites for hydroxylation is 1. The van der Waals surface area contributed by atoms with Crippen LogP contribution in [-0.2, 0) is 0 Å². The molecule has 0 aliphatic carbocycles. The molecule has 0 unspecified atom stereocenters. The van der Waals surface area contributed by atoms with E-state index in [1.807, 2.05) is 31.2 Å². The molecule has 1 heterocycles. The Hall–Kier alpha value is -1.39. The number of benzene rings is 1. The Bertz CT molecular complexity index is 436. The SMILES string of the molecule is Cc1ccc(C(=O)NCCNCC2CCN(C)CC2)cc1. The molecule has 1 aromatic carbocycles. The van der Waals surface area contributed by atoms with E-state index in [4.69, 9.17) is 0 Å². The van der Waals surface area contributed by atoms with Crippen molar-refractivity contribution in [3.63, 3.8) is 0 Å². The fourth-order valence-electron chi connectivity index (χ4n) is 2.64. The molecule has 4 heteroatoms. The fraction of sp³-hybridized carbons (Fsp3) is 0.588. The number of hydrogen-bond acceptors (Lipinski definition) is 3. The van der Waals surface area contributed by atoms with E-state index in [1.54, 1.807) is 0 Å². The van der Waals surface area contributed by atoms with Crippen LogP contribution < -0.4 is 10.6 Å². The predicted octanol–water partition coefficient (Wildman–Crippen LogP) is 1.66. The number of nitrogens with zero attached hydrogens (tertiary/aromatic N) is 1. The van der Waals surface area contributed by atoms with E-state index in [-0.39, 0.29) is 5.91 Å². The van der Waals surface area contributed by atoms with Gasteiger partial charge in [-0.3, -0.25) is 4.79 Å². The minimum absolute atomic E-state index is 0.0103. The Morgan fingerprint density at radius 1 is 1.19 bits per heavy atom. The highest BCUT2D eigenvalue weighted by Crippen LogP contribution is 2.14. The van der Waals surface area contributed by atoms with E-state index in [0.29, 0.717) is 6.54 Å². The number of likely N-dealkylation sites (tertiary alicyclic amines) is 1. The summed E-state index contributed by atoms with van der Waals surface area (Å²) in [5.41, 5.74) is 1.90. The fourth-order valence-corrected chi connectivity index (χ4v) is 2.64. The first-order valence-corrected chi connectivity index (χ1v) is 7.89. The van der Waals surface area contributed by atoms with Crippen LogP contribution >= 0.6 is 0 Å². The van der Waals surface area contributed by atoms with Gasteiger partial charge in [0.1, 0.15) is 0 Å². The quantitative estimate of drug-likeness (QED) is 0.783. The topological polar surface area (TPSA) is 44.4 Å². The maximum Gasteiger partial charge on any atom is 0.251 e. The highest BCUT2D eigenvalue weighted by molar-refractivity contribution is 5.94. The van der Waals surface area contributed by atoms with E-state index in [0.717, 1.165) is 24.6 Å². The third-order valence-electron chi connectivity index (χ3n) is 4.17. The molecule has 0 atom stereocenters. The van der Waals surface area contributed by atoms with Crippen molar-refractivity contribution in [3.8, 4) is 0 Å². The lowest BCUT2D eigenvalue weighted by Crippen LogP contribution is -2.37. The largest absolute Gasteiger partial charge is 0.351 e. The van der Waals surface area contributed by atoms with Gasteiger partial charge in [0.15, 0.2) is 0 Å². The Balaban J connectivity index is 1.57. The van der Waals surface area contributed by atoms with Crippen molar-refractivity contribution in [2.75, 3.05) is 39.8 Å². The molecular formula is C17H27N3O. The molecular weight excluding hydrogens is 262 g/mol. The maximum atomic E-state index is 11.9. The summed E-state index contributed by atoms with van der Waals surface area (Å²) in [6.45, 7) is 7.01. The monoisotopic (exact) mass is 289 g/mol. The van der Waals surface area contributed by atoms with Crippen molar-refractivity contribution in [3.05, 3.63) is 35.4 Å². The van der Waals surface area contributed by atoms with Crippen molar-refractivity contribution >= 4 is 5.91 Å². The molecule has 1 aliphatic rings. The van der Waals surface area contributed by atoms with Crippen molar-refractivity contribution in [1.82, 2.24) is 15.5 Å². The van der Waals surface area contributed by atoms with E-state index >= 15 is 0 Å². The van der Waals surface area contributed by atoms with Gasteiger partial charge in [0.05, 0.1) is 0 Å². The molecule has 1 saturated heterocycles. The molecule has 116 valence electrons. The van der Waals surface area contributed by atoms with Crippen LogP contribution in [0.5, 0.6) is 0 Å². The summed E-state index contributed by atoms with van der Waals surface area (Å²) in [7, 11) is 2.18. The first kappa shape index (κ1) is 16.0. The van der Waals surface area contributed by atoms with Gasteiger partial charge < -0.3 is 15.5 Å². The Labute approximate surface area is 127 Å². The standard InChI is InChI=1S/C17H27N3O/c1-14-3-5-16(6-4-14)17(21)19-10-9-18-13-15-7-11-20(2)12-8-15/h3-6,15,18H,7-13H2,1-2H3,(H,19,21). The Morgan fingerprint density at radius 2 is 1.86 bits per heavy atom. The molecule has 4 nitrogen and oxygen atoms in total. The van der Waals surface area contributed by atoms with Gasteiger partial charge in [0.25, 0.3) is 5.91 Å². The number of nitrogens with one attached hydrogen (secondary N) is 2. The van der Waals surface area contributed by atoms with Gasteiger partial charge in [-0.2, -0.15) is 0 Å². The first-order valence-electron chi connectivity index (χ1n) is 7.89. The van der Waals surface area contributed by atoms with E-state index < -0.39 is 0 Å². The van der Waals surface area contributed by atoms with Crippen LogP contribution in [-0.4, -0.2) is 50.6 Å². The normalized spacial score (nSPS) is 16.9. The molecule has 0 spiro atoms. The van der Waals surface area contributed by atoms with Crippen LogP contribution in [0.15, 0.2) is 24.3 Å². The van der Waals surface area contributed by atoms with Crippen LogP contribution in [0.2, 0.25) is 0 Å². The smallest absolute Gasteiger partial charge is 0.251 e. The molecule has 0 radical (unpaired) electrons. The number of amides is 1. The molecule has 2 N–H and O–H groups in total. The number of carbonyl (C=O) groups is 1. The zero-order valence-corrected chi connectivity index (χ0v) is 13.2. The summed E-state index contributed by atoms with van der Waals surface area (Å²) in [6.07, 6.45) is 2.55. The summed E-state index contributed by atoms with van der Waals surface area (Å²) >= 11 is 0. The third-order valence-corrected chi connectivity index (χ3v) is 4.17. The second-order valence-corrected chi connectivity index (χ2v) is 6.07. The van der Waals surface area contributed by atoms with Crippen LogP contribution in [0.3, 0.4) is 0 Å². The Morgan fingerprint density at radius 3 is 2.52 bits per heavy atom. The van der Waals surface area contributed by atoms with Gasteiger partial charge >= 0.3 is 0 Å². The van der Waals surface area contributed by atoms with E-state index in [2.05, 4.69) is 22.6 Å². The van der Waals surface area contributed by atoms with Crippen molar-refractivity contribution in [2.24, 2.45) is 5.92 Å². The predicted molar refractivity (Wildman–Crippen MR) is 86.6 cm³/mol. The van der Waals surface area contributed by atoms with Crippen LogP contribution in [0.4, 0.5) is 0 Å². The molecule has 1 aromatic rings. The number of rotatable bonds is 6. The molecule has 0 aromatic heterocycles. The summed E-state index contributed by atoms with van der Waals surface area (Å²) in [5, 5.41) is 6.41. The van der Waals surface area contributed by atoms with Gasteiger partial charge in [-0.05, 0) is 64.5 Å². The highest BCUT2D eigenvalue weighted by atomic mass is 16.1. The second-order valence-electron chi connectivity index (χ2n) is 6.07. The van der Waals surface area contributed by atoms with Crippen molar-refractivity contribution < 1.29 is 4.79 Å². The second kappa shape index (κ2) is 8.15. The number of piperidine rings is 1. The van der Waals surface area contributed by atoms with Gasteiger partial charge in [-0.1, -0.05) is 17.7 Å². The molecule has 1 aliphatic heterocycles. The van der Waals surface area contributed by atoms with Crippen molar-refractivity contribution in [1.29, 1.82) is 0 Å². The lowest BCUT2D eigenvalue weighted by atomic mass is 9.97. The minimum atomic E-state index is 0.0103. The van der Waals surface area contributed by atoms with Gasteiger partial charge in [-0.25, -0.2) is 0 Å². The van der Waals surface area contributed by atoms with Gasteiger partial charge in [-0.15, -0.1) is 0 Å². The molecule has 0 bridgehead atoms. The summed E-state index contributed by atoms with van der Waals surface area (Å²) in [5.74, 6) is 0.796. The summed E-state index contributed by atoms with van der Waals surface area (Å²) in [6, 6.07) is 7.67. The third kappa shape index (κ3) is 5.48. The molecule has 0 saturated carbocycles. The summed E-state index contributed by atoms with van der Waals surface area (Å²) in [4.78, 5) is 14.3. The molecule has 1 amide bonds. The van der Waals surface area contributed by atoms with E-state index in [1.165, 1.54) is 31.5 Å². The lowest BCUT2D eigenvalue weighted by molar-refractivity contribution is 0.0953. The van der Waals surface area contributed by atoms with Crippen LogP contribution in [0.25, 0.3) is 0 Å². The van der Waals surface area contributed by atoms with Gasteiger partial charge in [0, 0.05) is 18.7 Å². The van der Waals surface area contributed by atoms with Gasteiger partial charge in [0.2, 0.25) is 0 Å². The molecule has 1 fully saturated rings. The van der Waals surface area contributed by atoms with Crippen LogP contribution in [0, 0.1) is 12.8 Å².